The molecule has 7 heteroatoms. The van der Waals surface area contributed by atoms with Crippen LogP contribution in [0, 0.1) is 0 Å². The summed E-state index contributed by atoms with van der Waals surface area (Å²) in [5, 5.41) is 12.7. The van der Waals surface area contributed by atoms with Gasteiger partial charge < -0.3 is 20.1 Å². The number of ether oxygens (including phenoxy) is 1. The van der Waals surface area contributed by atoms with Gasteiger partial charge in [0, 0.05) is 32.7 Å². The van der Waals surface area contributed by atoms with Crippen LogP contribution in [0.4, 0.5) is 0 Å². The van der Waals surface area contributed by atoms with Gasteiger partial charge in [-0.3, -0.25) is 14.5 Å². The van der Waals surface area contributed by atoms with Crippen molar-refractivity contribution >= 4 is 11.8 Å². The summed E-state index contributed by atoms with van der Waals surface area (Å²) in [6.07, 6.45) is 1.59. The maximum Gasteiger partial charge on any atom is 0.257 e. The Bertz CT molecular complexity index is 658. The van der Waals surface area contributed by atoms with Crippen molar-refractivity contribution in [2.24, 2.45) is 0 Å². The van der Waals surface area contributed by atoms with Crippen molar-refractivity contribution in [2.45, 2.75) is 37.5 Å². The number of likely N-dealkylation sites (N-methyl/N-ethyl adjacent to an activating group) is 1. The van der Waals surface area contributed by atoms with Crippen molar-refractivity contribution in [3.05, 3.63) is 29.8 Å². The third-order valence-corrected chi connectivity index (χ3v) is 5.42. The van der Waals surface area contributed by atoms with Gasteiger partial charge in [0.2, 0.25) is 5.91 Å². The number of piperidine rings is 1. The molecule has 26 heavy (non-hydrogen) atoms. The molecule has 0 bridgehead atoms. The van der Waals surface area contributed by atoms with E-state index >= 15 is 0 Å². The summed E-state index contributed by atoms with van der Waals surface area (Å²) in [7, 11) is 3.19. The predicted octanol–water partition coefficient (Wildman–Crippen LogP) is 0.481. The molecule has 0 spiro atoms. The van der Waals surface area contributed by atoms with Crippen molar-refractivity contribution in [1.82, 2.24) is 15.1 Å². The fourth-order valence-corrected chi connectivity index (χ4v) is 4.06. The summed E-state index contributed by atoms with van der Waals surface area (Å²) < 4.78 is 5.30. The average molecular weight is 361 g/mol. The van der Waals surface area contributed by atoms with Gasteiger partial charge in [0.25, 0.3) is 5.91 Å². The number of aliphatic hydroxyl groups excluding tert-OH is 1. The number of hydrogen-bond donors (Lipinski definition) is 2. The normalized spacial score (nSPS) is 24.5. The first kappa shape index (κ1) is 18.7. The summed E-state index contributed by atoms with van der Waals surface area (Å²) in [4.78, 5) is 28.9. The lowest BCUT2D eigenvalue weighted by Gasteiger charge is -2.38. The van der Waals surface area contributed by atoms with Gasteiger partial charge in [-0.25, -0.2) is 0 Å². The average Bonchev–Trinajstić information content (AvgIpc) is 3.08. The lowest BCUT2D eigenvalue weighted by Crippen LogP contribution is -2.51. The van der Waals surface area contributed by atoms with Gasteiger partial charge in [0.15, 0.2) is 0 Å². The van der Waals surface area contributed by atoms with Gasteiger partial charge in [-0.2, -0.15) is 0 Å². The molecule has 2 aliphatic rings. The molecule has 2 amide bonds. The fraction of sp³-hybridized carbons (Fsp3) is 0.579. The molecule has 0 aliphatic carbocycles. The Morgan fingerprint density at radius 2 is 1.92 bits per heavy atom. The molecule has 2 saturated heterocycles. The molecule has 0 unspecified atom stereocenters. The van der Waals surface area contributed by atoms with Crippen LogP contribution in [0.2, 0.25) is 0 Å². The fourth-order valence-electron chi connectivity index (χ4n) is 4.06. The summed E-state index contributed by atoms with van der Waals surface area (Å²) in [6.45, 7) is 1.78. The number of carbonyl (C=O) groups is 2. The lowest BCUT2D eigenvalue weighted by molar-refractivity contribution is -0.126. The summed E-state index contributed by atoms with van der Waals surface area (Å²) in [5.41, 5.74) is 0.577. The van der Waals surface area contributed by atoms with Gasteiger partial charge >= 0.3 is 0 Å². The number of nitrogens with zero attached hydrogens (tertiary/aromatic N) is 2. The van der Waals surface area contributed by atoms with Crippen LogP contribution in [-0.4, -0.2) is 78.7 Å². The molecule has 2 heterocycles. The highest BCUT2D eigenvalue weighted by Crippen LogP contribution is 2.28. The monoisotopic (exact) mass is 361 g/mol. The van der Waals surface area contributed by atoms with E-state index in [9.17, 15) is 14.7 Å². The number of para-hydroxylation sites is 1. The second-order valence-corrected chi connectivity index (χ2v) is 6.94. The molecule has 7 nitrogen and oxygen atoms in total. The maximum atomic E-state index is 12.8. The summed E-state index contributed by atoms with van der Waals surface area (Å²) in [5.74, 6) is 0.515. The van der Waals surface area contributed by atoms with E-state index in [0.29, 0.717) is 37.4 Å². The lowest BCUT2D eigenvalue weighted by atomic mass is 10.0. The smallest absolute Gasteiger partial charge is 0.257 e. The largest absolute Gasteiger partial charge is 0.496 e. The van der Waals surface area contributed by atoms with E-state index in [-0.39, 0.29) is 23.9 Å². The number of amides is 2. The molecule has 142 valence electrons. The first-order chi connectivity index (χ1) is 12.5. The van der Waals surface area contributed by atoms with Crippen LogP contribution in [-0.2, 0) is 4.79 Å². The van der Waals surface area contributed by atoms with Crippen LogP contribution in [0.5, 0.6) is 5.75 Å². The van der Waals surface area contributed by atoms with Crippen molar-refractivity contribution in [2.75, 3.05) is 33.8 Å². The molecule has 2 N–H and O–H groups in total. The molecule has 0 saturated carbocycles. The predicted molar refractivity (Wildman–Crippen MR) is 97.1 cm³/mol. The number of nitrogens with one attached hydrogen (secondary N) is 1. The highest BCUT2D eigenvalue weighted by atomic mass is 16.5. The number of hydrogen-bond acceptors (Lipinski definition) is 5. The van der Waals surface area contributed by atoms with E-state index in [4.69, 9.17) is 4.74 Å². The van der Waals surface area contributed by atoms with Crippen molar-refractivity contribution in [1.29, 1.82) is 0 Å². The van der Waals surface area contributed by atoms with E-state index in [0.717, 1.165) is 12.8 Å². The number of rotatable bonds is 4. The van der Waals surface area contributed by atoms with Crippen LogP contribution in [0.15, 0.2) is 24.3 Å². The van der Waals surface area contributed by atoms with Crippen molar-refractivity contribution in [3.8, 4) is 5.75 Å². The second-order valence-electron chi connectivity index (χ2n) is 6.94. The molecule has 1 aromatic rings. The molecule has 0 aromatic heterocycles. The molecule has 2 atom stereocenters. The SMILES string of the molecule is CNC(=O)[C@@H]1C[C@@H](O)CN1C1CCN(C(=O)c2ccccc2OC)CC1. The quantitative estimate of drug-likeness (QED) is 0.815. The highest BCUT2D eigenvalue weighted by molar-refractivity contribution is 5.97. The van der Waals surface area contributed by atoms with Crippen LogP contribution >= 0.6 is 0 Å². The van der Waals surface area contributed by atoms with Crippen LogP contribution in [0.1, 0.15) is 29.6 Å². The zero-order valence-corrected chi connectivity index (χ0v) is 15.4. The maximum absolute atomic E-state index is 12.8. The van der Waals surface area contributed by atoms with Crippen molar-refractivity contribution in [3.63, 3.8) is 0 Å². The molecule has 1 aromatic carbocycles. The van der Waals surface area contributed by atoms with Gasteiger partial charge in [0.1, 0.15) is 5.75 Å². The minimum atomic E-state index is -0.467. The molecule has 2 aliphatic heterocycles. The van der Waals surface area contributed by atoms with Gasteiger partial charge in [-0.15, -0.1) is 0 Å². The minimum Gasteiger partial charge on any atom is -0.496 e. The van der Waals surface area contributed by atoms with Gasteiger partial charge in [-0.1, -0.05) is 12.1 Å². The molecule has 2 fully saturated rings. The number of benzene rings is 1. The summed E-state index contributed by atoms with van der Waals surface area (Å²) in [6, 6.07) is 7.18. The topological polar surface area (TPSA) is 82.1 Å². The van der Waals surface area contributed by atoms with Gasteiger partial charge in [-0.05, 0) is 31.4 Å². The van der Waals surface area contributed by atoms with Gasteiger partial charge in [0.05, 0.1) is 24.8 Å². The Kier molecular flexibility index (Phi) is 5.78. The van der Waals surface area contributed by atoms with Crippen LogP contribution in [0.25, 0.3) is 0 Å². The Morgan fingerprint density at radius 3 is 2.58 bits per heavy atom. The minimum absolute atomic E-state index is 0.0230. The molecule has 3 rings (SSSR count). The molecular formula is C19H27N3O4. The first-order valence-corrected chi connectivity index (χ1v) is 9.12. The zero-order valence-electron chi connectivity index (χ0n) is 15.4. The van der Waals surface area contributed by atoms with Crippen LogP contribution < -0.4 is 10.1 Å². The number of likely N-dealkylation sites (tertiary alicyclic amines) is 2. The van der Waals surface area contributed by atoms with E-state index in [1.165, 1.54) is 0 Å². The first-order valence-electron chi connectivity index (χ1n) is 9.12. The molecular weight excluding hydrogens is 334 g/mol. The zero-order chi connectivity index (χ0) is 18.7. The third-order valence-electron chi connectivity index (χ3n) is 5.42. The van der Waals surface area contributed by atoms with Crippen LogP contribution in [0.3, 0.4) is 0 Å². The van der Waals surface area contributed by atoms with E-state index in [1.807, 2.05) is 17.0 Å². The van der Waals surface area contributed by atoms with E-state index in [2.05, 4.69) is 10.2 Å². The Labute approximate surface area is 153 Å². The molecule has 0 radical (unpaired) electrons. The number of β-amino-alcohol motifs (C(OH)–C–C–N with tert-alkyl or cyclic N) is 1. The summed E-state index contributed by atoms with van der Waals surface area (Å²) >= 11 is 0. The second kappa shape index (κ2) is 8.05. The standard InChI is InChI=1S/C19H27N3O4/c1-20-18(24)16-11-14(23)12-22(16)13-7-9-21(10-8-13)19(25)15-5-3-4-6-17(15)26-2/h3-6,13-14,16,23H,7-12H2,1-2H3,(H,20,24)/t14-,16+/m1/s1. The highest BCUT2D eigenvalue weighted by Gasteiger charge is 2.40. The number of carbonyl (C=O) groups excluding carboxylic acids is 2. The van der Waals surface area contributed by atoms with E-state index in [1.54, 1.807) is 26.3 Å². The Morgan fingerprint density at radius 1 is 1.23 bits per heavy atom. The third kappa shape index (κ3) is 3.68. The Hall–Kier alpha value is -2.12. The Balaban J connectivity index is 1.64. The van der Waals surface area contributed by atoms with Crippen molar-refractivity contribution < 1.29 is 19.4 Å². The number of methoxy groups -OCH3 is 1. The number of aliphatic hydroxyl groups is 1. The van der Waals surface area contributed by atoms with E-state index < -0.39 is 6.10 Å².